The largest absolute Gasteiger partial charge is 0.399 e. The van der Waals surface area contributed by atoms with Gasteiger partial charge < -0.3 is 10.6 Å². The molecule has 2 N–H and O–H groups in total. The Kier molecular flexibility index (Phi) is 4.56. The molecular formula is C16H18N4. The number of aromatic nitrogens is 1. The smallest absolute Gasteiger partial charge is 0.142 e. The fourth-order valence-electron chi connectivity index (χ4n) is 2.09. The molecule has 0 unspecified atom stereocenters. The van der Waals surface area contributed by atoms with Crippen LogP contribution in [-0.4, -0.2) is 11.5 Å². The average molecular weight is 266 g/mol. The van der Waals surface area contributed by atoms with E-state index in [1.165, 1.54) is 5.56 Å². The lowest BCUT2D eigenvalue weighted by atomic mass is 10.1. The molecule has 0 aliphatic rings. The van der Waals surface area contributed by atoms with Crippen molar-refractivity contribution in [2.24, 2.45) is 0 Å². The quantitative estimate of drug-likeness (QED) is 0.845. The summed E-state index contributed by atoms with van der Waals surface area (Å²) in [5.74, 6) is 0. The van der Waals surface area contributed by atoms with Crippen molar-refractivity contribution >= 4 is 11.4 Å². The first-order chi connectivity index (χ1) is 9.72. The van der Waals surface area contributed by atoms with Crippen molar-refractivity contribution in [2.45, 2.75) is 19.9 Å². The third-order valence-electron chi connectivity index (χ3n) is 3.07. The van der Waals surface area contributed by atoms with Crippen LogP contribution in [0.1, 0.15) is 24.6 Å². The monoisotopic (exact) mass is 266 g/mol. The van der Waals surface area contributed by atoms with Crippen molar-refractivity contribution in [1.82, 2.24) is 4.98 Å². The molecule has 102 valence electrons. The van der Waals surface area contributed by atoms with Gasteiger partial charge in [-0.1, -0.05) is 19.1 Å². The van der Waals surface area contributed by atoms with E-state index in [9.17, 15) is 0 Å². The molecular weight excluding hydrogens is 248 g/mol. The van der Waals surface area contributed by atoms with E-state index in [0.29, 0.717) is 5.69 Å². The Morgan fingerprint density at radius 3 is 2.65 bits per heavy atom. The van der Waals surface area contributed by atoms with Gasteiger partial charge >= 0.3 is 0 Å². The van der Waals surface area contributed by atoms with Crippen LogP contribution < -0.4 is 10.6 Å². The fourth-order valence-corrected chi connectivity index (χ4v) is 2.09. The van der Waals surface area contributed by atoms with Crippen LogP contribution in [0.25, 0.3) is 0 Å². The van der Waals surface area contributed by atoms with Gasteiger partial charge in [-0.05, 0) is 36.2 Å². The first-order valence-electron chi connectivity index (χ1n) is 6.68. The summed E-state index contributed by atoms with van der Waals surface area (Å²) in [7, 11) is 0. The van der Waals surface area contributed by atoms with Gasteiger partial charge in [0.2, 0.25) is 0 Å². The van der Waals surface area contributed by atoms with Crippen molar-refractivity contribution in [3.05, 3.63) is 53.9 Å². The molecule has 2 rings (SSSR count). The number of pyridine rings is 1. The lowest BCUT2D eigenvalue weighted by Gasteiger charge is -2.24. The number of hydrogen-bond donors (Lipinski definition) is 1. The molecule has 20 heavy (non-hydrogen) atoms. The van der Waals surface area contributed by atoms with Crippen LogP contribution in [0.4, 0.5) is 11.4 Å². The lowest BCUT2D eigenvalue weighted by molar-refractivity contribution is 0.766. The first kappa shape index (κ1) is 13.9. The summed E-state index contributed by atoms with van der Waals surface area (Å²) in [6, 6.07) is 13.7. The van der Waals surface area contributed by atoms with Crippen LogP contribution in [-0.2, 0) is 6.54 Å². The molecule has 4 nitrogen and oxygen atoms in total. The number of benzene rings is 1. The van der Waals surface area contributed by atoms with Gasteiger partial charge in [-0.15, -0.1) is 0 Å². The van der Waals surface area contributed by atoms with Gasteiger partial charge in [0, 0.05) is 30.7 Å². The maximum Gasteiger partial charge on any atom is 0.142 e. The Hall–Kier alpha value is -2.54. The highest BCUT2D eigenvalue weighted by atomic mass is 15.1. The summed E-state index contributed by atoms with van der Waals surface area (Å²) in [5.41, 5.74) is 9.14. The predicted octanol–water partition coefficient (Wildman–Crippen LogP) is 2.95. The van der Waals surface area contributed by atoms with Crippen LogP contribution in [0.5, 0.6) is 0 Å². The number of nitrogens with zero attached hydrogens (tertiary/aromatic N) is 3. The van der Waals surface area contributed by atoms with Crippen LogP contribution in [0.2, 0.25) is 0 Å². The molecule has 2 aromatic rings. The zero-order chi connectivity index (χ0) is 14.4. The Morgan fingerprint density at radius 2 is 2.00 bits per heavy atom. The summed E-state index contributed by atoms with van der Waals surface area (Å²) in [4.78, 5) is 6.26. The maximum absolute atomic E-state index is 8.95. The van der Waals surface area contributed by atoms with Crippen LogP contribution in [0, 0.1) is 11.3 Å². The van der Waals surface area contributed by atoms with E-state index in [2.05, 4.69) is 22.9 Å². The second kappa shape index (κ2) is 6.58. The van der Waals surface area contributed by atoms with Gasteiger partial charge in [-0.3, -0.25) is 0 Å². The molecule has 0 saturated carbocycles. The fraction of sp³-hybridized carbons (Fsp3) is 0.250. The zero-order valence-electron chi connectivity index (χ0n) is 11.6. The van der Waals surface area contributed by atoms with E-state index >= 15 is 0 Å². The molecule has 0 bridgehead atoms. The average Bonchev–Trinajstić information content (AvgIpc) is 2.49. The van der Waals surface area contributed by atoms with Gasteiger partial charge in [-0.25, -0.2) is 4.98 Å². The molecule has 4 heteroatoms. The number of hydrogen-bond acceptors (Lipinski definition) is 4. The van der Waals surface area contributed by atoms with Gasteiger partial charge in [0.1, 0.15) is 11.8 Å². The highest BCUT2D eigenvalue weighted by molar-refractivity contribution is 5.50. The summed E-state index contributed by atoms with van der Waals surface area (Å²) in [6.07, 6.45) is 2.72. The summed E-state index contributed by atoms with van der Waals surface area (Å²) in [6.45, 7) is 3.87. The van der Waals surface area contributed by atoms with E-state index < -0.39 is 0 Å². The summed E-state index contributed by atoms with van der Waals surface area (Å²) < 4.78 is 0. The normalized spacial score (nSPS) is 10.0. The van der Waals surface area contributed by atoms with E-state index in [4.69, 9.17) is 11.0 Å². The van der Waals surface area contributed by atoms with E-state index in [-0.39, 0.29) is 0 Å². The standard InChI is InChI=1S/C16H18N4/c1-2-9-20(12-13-3-5-14(18)6-4-13)16-7-8-19-15(10-16)11-17/h3-8,10H,2,9,12,18H2,1H3. The Morgan fingerprint density at radius 1 is 1.25 bits per heavy atom. The second-order valence-electron chi connectivity index (χ2n) is 4.67. The van der Waals surface area contributed by atoms with Gasteiger partial charge in [0.05, 0.1) is 0 Å². The minimum atomic E-state index is 0.445. The first-order valence-corrected chi connectivity index (χ1v) is 6.68. The van der Waals surface area contributed by atoms with Crippen molar-refractivity contribution in [3.63, 3.8) is 0 Å². The molecule has 0 fully saturated rings. The van der Waals surface area contributed by atoms with Gasteiger partial charge in [0.15, 0.2) is 0 Å². The number of nitriles is 1. The van der Waals surface area contributed by atoms with Crippen LogP contribution in [0.3, 0.4) is 0 Å². The number of rotatable bonds is 5. The number of nitrogens with two attached hydrogens (primary N) is 1. The highest BCUT2D eigenvalue weighted by Crippen LogP contribution is 2.18. The predicted molar refractivity (Wildman–Crippen MR) is 81.1 cm³/mol. The molecule has 1 aromatic heterocycles. The molecule has 0 radical (unpaired) electrons. The van der Waals surface area contributed by atoms with Crippen molar-refractivity contribution < 1.29 is 0 Å². The second-order valence-corrected chi connectivity index (χ2v) is 4.67. The summed E-state index contributed by atoms with van der Waals surface area (Å²) >= 11 is 0. The molecule has 0 aliphatic heterocycles. The maximum atomic E-state index is 8.95. The van der Waals surface area contributed by atoms with Gasteiger partial charge in [0.25, 0.3) is 0 Å². The molecule has 0 amide bonds. The lowest BCUT2D eigenvalue weighted by Crippen LogP contribution is -2.23. The molecule has 0 atom stereocenters. The SMILES string of the molecule is CCCN(Cc1ccc(N)cc1)c1ccnc(C#N)c1. The molecule has 1 aromatic carbocycles. The third kappa shape index (κ3) is 3.48. The van der Waals surface area contributed by atoms with E-state index in [1.54, 1.807) is 6.20 Å². The topological polar surface area (TPSA) is 65.9 Å². The third-order valence-corrected chi connectivity index (χ3v) is 3.07. The highest BCUT2D eigenvalue weighted by Gasteiger charge is 2.07. The molecule has 0 aliphatic carbocycles. The van der Waals surface area contributed by atoms with Crippen molar-refractivity contribution in [2.75, 3.05) is 17.2 Å². The van der Waals surface area contributed by atoms with Crippen molar-refractivity contribution in [1.29, 1.82) is 5.26 Å². The molecule has 1 heterocycles. The Bertz CT molecular complexity index is 599. The Balaban J connectivity index is 2.22. The van der Waals surface area contributed by atoms with Crippen LogP contribution in [0.15, 0.2) is 42.6 Å². The van der Waals surface area contributed by atoms with Crippen LogP contribution >= 0.6 is 0 Å². The zero-order valence-corrected chi connectivity index (χ0v) is 11.6. The number of nitrogen functional groups attached to an aromatic ring is 1. The van der Waals surface area contributed by atoms with E-state index in [1.807, 2.05) is 36.4 Å². The minimum Gasteiger partial charge on any atom is -0.399 e. The van der Waals surface area contributed by atoms with E-state index in [0.717, 1.165) is 30.9 Å². The summed E-state index contributed by atoms with van der Waals surface area (Å²) in [5, 5.41) is 8.95. The number of anilines is 2. The molecule has 0 saturated heterocycles. The Labute approximate surface area is 119 Å². The van der Waals surface area contributed by atoms with Crippen molar-refractivity contribution in [3.8, 4) is 6.07 Å². The molecule has 0 spiro atoms. The van der Waals surface area contributed by atoms with Gasteiger partial charge in [-0.2, -0.15) is 5.26 Å². The minimum absolute atomic E-state index is 0.445.